The number of benzene rings is 3. The molecule has 0 aliphatic heterocycles. The van der Waals surface area contributed by atoms with Crippen molar-refractivity contribution in [3.05, 3.63) is 83.4 Å². The van der Waals surface area contributed by atoms with Gasteiger partial charge in [0.25, 0.3) is 0 Å². The highest BCUT2D eigenvalue weighted by Gasteiger charge is 2.16. The minimum Gasteiger partial charge on any atom is -0.497 e. The van der Waals surface area contributed by atoms with Gasteiger partial charge < -0.3 is 19.5 Å². The molecule has 174 valence electrons. The van der Waals surface area contributed by atoms with Gasteiger partial charge in [-0.05, 0) is 43.3 Å². The Morgan fingerprint density at radius 1 is 0.853 bits per heavy atom. The molecule has 0 fully saturated rings. The van der Waals surface area contributed by atoms with Crippen LogP contribution in [0.15, 0.2) is 71.8 Å². The van der Waals surface area contributed by atoms with Crippen LogP contribution in [0.2, 0.25) is 0 Å². The number of nitrogens with zero attached hydrogens (tertiary/aromatic N) is 1. The highest BCUT2D eigenvalue weighted by Crippen LogP contribution is 2.28. The van der Waals surface area contributed by atoms with Gasteiger partial charge in [0.15, 0.2) is 0 Å². The second-order valence-corrected chi connectivity index (χ2v) is 7.02. The number of hydrogen-bond acceptors (Lipinski definition) is 7. The smallest absolute Gasteiger partial charge is 0.343 e. The Bertz CT molecular complexity index is 1240. The van der Waals surface area contributed by atoms with E-state index < -0.39 is 17.8 Å². The zero-order valence-corrected chi connectivity index (χ0v) is 18.8. The number of anilines is 1. The van der Waals surface area contributed by atoms with Crippen LogP contribution in [0.3, 0.4) is 0 Å². The van der Waals surface area contributed by atoms with Crippen molar-refractivity contribution in [1.29, 1.82) is 0 Å². The predicted octanol–water partition coefficient (Wildman–Crippen LogP) is 3.32. The summed E-state index contributed by atoms with van der Waals surface area (Å²) in [5, 5.41) is 6.25. The lowest BCUT2D eigenvalue weighted by molar-refractivity contribution is -0.136. The summed E-state index contributed by atoms with van der Waals surface area (Å²) in [5.41, 5.74) is 4.20. The number of rotatable bonds is 7. The van der Waals surface area contributed by atoms with E-state index in [1.807, 2.05) is 13.0 Å². The van der Waals surface area contributed by atoms with Crippen LogP contribution in [-0.4, -0.2) is 38.2 Å². The Morgan fingerprint density at radius 3 is 2.38 bits per heavy atom. The molecule has 2 N–H and O–H groups in total. The molecule has 0 aromatic heterocycles. The first-order valence-electron chi connectivity index (χ1n) is 10.2. The van der Waals surface area contributed by atoms with Gasteiger partial charge in [-0.3, -0.25) is 9.59 Å². The summed E-state index contributed by atoms with van der Waals surface area (Å²) in [5.74, 6) is -1.36. The summed E-state index contributed by atoms with van der Waals surface area (Å²) in [7, 11) is 2.93. The number of aryl methyl sites for hydroxylation is 1. The van der Waals surface area contributed by atoms with E-state index in [4.69, 9.17) is 14.2 Å². The molecular formula is C25H23N3O6. The molecule has 0 unspecified atom stereocenters. The third-order valence-corrected chi connectivity index (χ3v) is 4.61. The minimum atomic E-state index is -0.997. The van der Waals surface area contributed by atoms with Crippen molar-refractivity contribution in [2.75, 3.05) is 19.5 Å². The fraction of sp³-hybridized carbons (Fsp3) is 0.120. The number of carbonyl (C=O) groups excluding carboxylic acids is 3. The zero-order valence-electron chi connectivity index (χ0n) is 18.8. The SMILES string of the molecule is COc1ccc(NC(=O)C(=O)N/N=C/c2ccccc2OC(=O)c2cccc(C)c2)c(OC)c1. The van der Waals surface area contributed by atoms with Crippen molar-refractivity contribution in [3.8, 4) is 17.2 Å². The largest absolute Gasteiger partial charge is 0.497 e. The lowest BCUT2D eigenvalue weighted by Gasteiger charge is -2.11. The Hall–Kier alpha value is -4.66. The molecule has 0 radical (unpaired) electrons. The lowest BCUT2D eigenvalue weighted by atomic mass is 10.1. The molecule has 0 saturated carbocycles. The molecule has 9 heteroatoms. The summed E-state index contributed by atoms with van der Waals surface area (Å²) in [6.45, 7) is 1.88. The highest BCUT2D eigenvalue weighted by molar-refractivity contribution is 6.39. The van der Waals surface area contributed by atoms with E-state index in [0.717, 1.165) is 5.56 Å². The first-order chi connectivity index (χ1) is 16.4. The normalized spacial score (nSPS) is 10.4. The number of hydrogen-bond donors (Lipinski definition) is 2. The maximum absolute atomic E-state index is 12.4. The molecule has 3 rings (SSSR count). The Kier molecular flexibility index (Phi) is 7.96. The van der Waals surface area contributed by atoms with Gasteiger partial charge in [-0.25, -0.2) is 10.2 Å². The molecule has 0 saturated heterocycles. The van der Waals surface area contributed by atoms with E-state index in [-0.39, 0.29) is 5.75 Å². The topological polar surface area (TPSA) is 115 Å². The number of methoxy groups -OCH3 is 2. The summed E-state index contributed by atoms with van der Waals surface area (Å²) < 4.78 is 15.8. The fourth-order valence-corrected chi connectivity index (χ4v) is 2.90. The van der Waals surface area contributed by atoms with Crippen molar-refractivity contribution in [1.82, 2.24) is 5.43 Å². The van der Waals surface area contributed by atoms with Gasteiger partial charge in [0.1, 0.15) is 17.2 Å². The van der Waals surface area contributed by atoms with E-state index >= 15 is 0 Å². The van der Waals surface area contributed by atoms with E-state index in [1.165, 1.54) is 20.4 Å². The molecular weight excluding hydrogens is 438 g/mol. The number of ether oxygens (including phenoxy) is 3. The number of amides is 2. The van der Waals surface area contributed by atoms with Crippen LogP contribution in [-0.2, 0) is 9.59 Å². The average molecular weight is 461 g/mol. The summed E-state index contributed by atoms with van der Waals surface area (Å²) >= 11 is 0. The molecule has 2 amide bonds. The van der Waals surface area contributed by atoms with Crippen molar-refractivity contribution in [2.45, 2.75) is 6.92 Å². The van der Waals surface area contributed by atoms with Gasteiger partial charge in [-0.15, -0.1) is 0 Å². The standard InChI is InChI=1S/C25H23N3O6/c1-16-7-6-9-17(13-16)25(31)34-21-10-5-4-8-18(21)15-26-28-24(30)23(29)27-20-12-11-19(32-2)14-22(20)33-3/h4-15H,1-3H3,(H,27,29)(H,28,30)/b26-15+. The van der Waals surface area contributed by atoms with Gasteiger partial charge >= 0.3 is 17.8 Å². The van der Waals surface area contributed by atoms with E-state index in [1.54, 1.807) is 60.7 Å². The van der Waals surface area contributed by atoms with Crippen LogP contribution >= 0.6 is 0 Å². The number of nitrogens with one attached hydrogen (secondary N) is 2. The molecule has 3 aromatic rings. The minimum absolute atomic E-state index is 0.249. The van der Waals surface area contributed by atoms with Crippen LogP contribution in [0.5, 0.6) is 17.2 Å². The number of carbonyl (C=O) groups is 3. The van der Waals surface area contributed by atoms with Crippen LogP contribution in [0.4, 0.5) is 5.69 Å². The Balaban J connectivity index is 1.63. The molecule has 0 bridgehead atoms. The van der Waals surface area contributed by atoms with Crippen molar-refractivity contribution in [3.63, 3.8) is 0 Å². The maximum Gasteiger partial charge on any atom is 0.343 e. The first-order valence-corrected chi connectivity index (χ1v) is 10.2. The van der Waals surface area contributed by atoms with Crippen molar-refractivity contribution >= 4 is 29.7 Å². The molecule has 34 heavy (non-hydrogen) atoms. The van der Waals surface area contributed by atoms with Crippen molar-refractivity contribution in [2.24, 2.45) is 5.10 Å². The van der Waals surface area contributed by atoms with Gasteiger partial charge in [-0.1, -0.05) is 29.8 Å². The molecule has 0 heterocycles. The second kappa shape index (κ2) is 11.3. The second-order valence-electron chi connectivity index (χ2n) is 7.02. The van der Waals surface area contributed by atoms with Gasteiger partial charge in [0.2, 0.25) is 0 Å². The van der Waals surface area contributed by atoms with Crippen LogP contribution in [0.1, 0.15) is 21.5 Å². The average Bonchev–Trinajstić information content (AvgIpc) is 2.85. The van der Waals surface area contributed by atoms with E-state index in [9.17, 15) is 14.4 Å². The third-order valence-electron chi connectivity index (χ3n) is 4.61. The predicted molar refractivity (Wildman–Crippen MR) is 126 cm³/mol. The fourth-order valence-electron chi connectivity index (χ4n) is 2.90. The molecule has 3 aromatic carbocycles. The quantitative estimate of drug-likeness (QED) is 0.183. The maximum atomic E-state index is 12.4. The third kappa shape index (κ3) is 6.19. The van der Waals surface area contributed by atoms with Crippen LogP contribution < -0.4 is 25.0 Å². The molecule has 0 atom stereocenters. The van der Waals surface area contributed by atoms with Gasteiger partial charge in [0.05, 0.1) is 31.7 Å². The van der Waals surface area contributed by atoms with Crippen LogP contribution in [0.25, 0.3) is 0 Å². The van der Waals surface area contributed by atoms with E-state index in [2.05, 4.69) is 15.8 Å². The first kappa shape index (κ1) is 24.0. The zero-order chi connectivity index (χ0) is 24.5. The summed E-state index contributed by atoms with van der Waals surface area (Å²) in [6, 6.07) is 18.4. The Labute approximate surface area is 196 Å². The molecule has 0 aliphatic rings. The summed E-state index contributed by atoms with van der Waals surface area (Å²) in [4.78, 5) is 36.8. The van der Waals surface area contributed by atoms with Crippen molar-refractivity contribution < 1.29 is 28.6 Å². The van der Waals surface area contributed by atoms with Gasteiger partial charge in [-0.2, -0.15) is 5.10 Å². The number of hydrazone groups is 1. The highest BCUT2D eigenvalue weighted by atomic mass is 16.5. The molecule has 0 aliphatic carbocycles. The van der Waals surface area contributed by atoms with Gasteiger partial charge in [0, 0.05) is 11.6 Å². The monoisotopic (exact) mass is 461 g/mol. The number of esters is 1. The molecule has 0 spiro atoms. The summed E-state index contributed by atoms with van der Waals surface area (Å²) in [6.07, 6.45) is 1.28. The Morgan fingerprint density at radius 2 is 1.65 bits per heavy atom. The van der Waals surface area contributed by atoms with Crippen LogP contribution in [0, 0.1) is 6.92 Å². The van der Waals surface area contributed by atoms with E-state index in [0.29, 0.717) is 28.3 Å². The lowest BCUT2D eigenvalue weighted by Crippen LogP contribution is -2.32. The number of para-hydroxylation sites is 1. The molecule has 9 nitrogen and oxygen atoms in total.